The second-order valence-corrected chi connectivity index (χ2v) is 9.67. The molecule has 0 radical (unpaired) electrons. The van der Waals surface area contributed by atoms with Crippen LogP contribution in [0.3, 0.4) is 0 Å². The number of amides is 1. The minimum absolute atomic E-state index is 0.0691. The van der Waals surface area contributed by atoms with Gasteiger partial charge in [-0.25, -0.2) is 4.79 Å². The maximum Gasteiger partial charge on any atom is 0.404 e. The third kappa shape index (κ3) is 3.33. The van der Waals surface area contributed by atoms with Crippen LogP contribution in [0.5, 0.6) is 0 Å². The summed E-state index contributed by atoms with van der Waals surface area (Å²) >= 11 is 6.69. The second kappa shape index (κ2) is 7.53. The third-order valence-corrected chi connectivity index (χ3v) is 7.25. The molecule has 0 spiro atoms. The van der Waals surface area contributed by atoms with Gasteiger partial charge in [0.2, 0.25) is 0 Å². The number of rotatable bonds is 2. The summed E-state index contributed by atoms with van der Waals surface area (Å²) in [6, 6.07) is 11.2. The molecule has 5 rings (SSSR count). The maximum absolute atomic E-state index is 13.6. The number of carbonyl (C=O) groups excluding carboxylic acids is 1. The van der Waals surface area contributed by atoms with E-state index in [1.165, 1.54) is 0 Å². The fourth-order valence-corrected chi connectivity index (χ4v) is 5.47. The van der Waals surface area contributed by atoms with Crippen LogP contribution >= 0.6 is 11.6 Å². The molecule has 2 aliphatic rings. The first-order valence-corrected chi connectivity index (χ1v) is 11.3. The average Bonchev–Trinajstić information content (AvgIpc) is 3.17. The molecule has 1 saturated heterocycles. The summed E-state index contributed by atoms with van der Waals surface area (Å²) in [5.74, 6) is -0.0758. The number of fused-ring (bicyclic) bond motifs is 4. The van der Waals surface area contributed by atoms with Crippen LogP contribution in [0.1, 0.15) is 59.4 Å². The van der Waals surface area contributed by atoms with Crippen molar-refractivity contribution in [1.82, 2.24) is 10.3 Å². The van der Waals surface area contributed by atoms with Gasteiger partial charge in [0.05, 0.1) is 27.9 Å². The molecule has 1 aromatic heterocycles. The first-order chi connectivity index (χ1) is 15.7. The molecule has 2 heterocycles. The molecule has 0 unspecified atom stereocenters. The number of anilines is 1. The van der Waals surface area contributed by atoms with Crippen molar-refractivity contribution in [1.29, 1.82) is 5.26 Å². The fourth-order valence-electron chi connectivity index (χ4n) is 5.19. The summed E-state index contributed by atoms with van der Waals surface area (Å²) in [6.07, 6.45) is 0.377. The van der Waals surface area contributed by atoms with Crippen LogP contribution in [0.25, 0.3) is 10.9 Å². The number of nitriles is 1. The summed E-state index contributed by atoms with van der Waals surface area (Å²) in [5.41, 5.74) is 4.65. The summed E-state index contributed by atoms with van der Waals surface area (Å²) in [4.78, 5) is 30.1. The minimum atomic E-state index is -1.00. The van der Waals surface area contributed by atoms with Gasteiger partial charge in [-0.15, -0.1) is 0 Å². The molecule has 1 amide bonds. The number of aromatic amines is 1. The van der Waals surface area contributed by atoms with Crippen LogP contribution in [-0.2, 0) is 5.41 Å². The van der Waals surface area contributed by atoms with E-state index in [0.717, 1.165) is 27.8 Å². The van der Waals surface area contributed by atoms with Crippen LogP contribution in [-0.4, -0.2) is 41.1 Å². The molecule has 3 N–H and O–H groups in total. The van der Waals surface area contributed by atoms with Crippen molar-refractivity contribution in [3.05, 3.63) is 63.3 Å². The zero-order chi connectivity index (χ0) is 23.5. The lowest BCUT2D eigenvalue weighted by molar-refractivity contribution is 0.103. The summed E-state index contributed by atoms with van der Waals surface area (Å²) in [5, 5.41) is 22.1. The van der Waals surface area contributed by atoms with E-state index in [9.17, 15) is 14.9 Å². The quantitative estimate of drug-likeness (QED) is 0.506. The molecule has 168 valence electrons. The molecule has 0 bridgehead atoms. The van der Waals surface area contributed by atoms with Crippen molar-refractivity contribution >= 4 is 40.1 Å². The van der Waals surface area contributed by atoms with Gasteiger partial charge in [0.15, 0.2) is 5.78 Å². The van der Waals surface area contributed by atoms with Gasteiger partial charge in [0.1, 0.15) is 0 Å². The number of H-pyrrole nitrogens is 1. The van der Waals surface area contributed by atoms with Crippen molar-refractivity contribution in [2.24, 2.45) is 0 Å². The van der Waals surface area contributed by atoms with E-state index in [-0.39, 0.29) is 11.8 Å². The molecule has 0 saturated carbocycles. The van der Waals surface area contributed by atoms with Gasteiger partial charge < -0.3 is 20.3 Å². The normalized spacial score (nSPS) is 17.4. The highest BCUT2D eigenvalue weighted by atomic mass is 35.5. The lowest BCUT2D eigenvalue weighted by Gasteiger charge is -2.37. The Balaban J connectivity index is 1.56. The lowest BCUT2D eigenvalue weighted by atomic mass is 9.71. The number of hydrogen-bond donors (Lipinski definition) is 3. The van der Waals surface area contributed by atoms with Gasteiger partial charge in [0, 0.05) is 46.7 Å². The second-order valence-electron chi connectivity index (χ2n) is 9.26. The van der Waals surface area contributed by atoms with Crippen LogP contribution in [0, 0.1) is 11.3 Å². The zero-order valence-corrected chi connectivity index (χ0v) is 19.1. The highest BCUT2D eigenvalue weighted by Gasteiger charge is 2.40. The van der Waals surface area contributed by atoms with Crippen molar-refractivity contribution in [2.45, 2.75) is 38.1 Å². The van der Waals surface area contributed by atoms with E-state index < -0.39 is 11.5 Å². The van der Waals surface area contributed by atoms with E-state index in [2.05, 4.69) is 35.1 Å². The molecule has 7 nitrogen and oxygen atoms in total. The number of hydrogen-bond acceptors (Lipinski definition) is 4. The van der Waals surface area contributed by atoms with Crippen LogP contribution in [0.2, 0.25) is 5.02 Å². The summed E-state index contributed by atoms with van der Waals surface area (Å²) in [6.45, 7) is 5.51. The highest BCUT2D eigenvalue weighted by Crippen LogP contribution is 2.46. The smallest absolute Gasteiger partial charge is 0.404 e. The van der Waals surface area contributed by atoms with E-state index in [1.54, 1.807) is 18.2 Å². The number of carboxylic acid groups (broad SMARTS) is 1. The Morgan fingerprint density at radius 3 is 2.67 bits per heavy atom. The predicted molar refractivity (Wildman–Crippen MR) is 126 cm³/mol. The van der Waals surface area contributed by atoms with E-state index >= 15 is 0 Å². The number of aromatic nitrogens is 1. The van der Waals surface area contributed by atoms with Crippen LogP contribution in [0.4, 0.5) is 10.5 Å². The van der Waals surface area contributed by atoms with Gasteiger partial charge in [-0.05, 0) is 42.7 Å². The lowest BCUT2D eigenvalue weighted by Crippen LogP contribution is -2.44. The average molecular weight is 463 g/mol. The highest BCUT2D eigenvalue weighted by molar-refractivity contribution is 6.34. The Labute approximate surface area is 196 Å². The number of halogens is 1. The third-order valence-electron chi connectivity index (χ3n) is 6.95. The first kappa shape index (κ1) is 21.4. The zero-order valence-electron chi connectivity index (χ0n) is 18.3. The van der Waals surface area contributed by atoms with Crippen molar-refractivity contribution in [2.75, 3.05) is 18.0 Å². The number of ketones is 1. The Morgan fingerprint density at radius 1 is 1.27 bits per heavy atom. The molecular weight excluding hydrogens is 440 g/mol. The van der Waals surface area contributed by atoms with Gasteiger partial charge >= 0.3 is 6.09 Å². The SMILES string of the molecule is CC1(C)c2cc(N3CCC(NC(=O)O)CC3)c(Cl)cc2C(=O)c2c1[nH]c1cc(C#N)ccc21. The molecule has 33 heavy (non-hydrogen) atoms. The fraction of sp³-hybridized carbons (Fsp3) is 0.320. The topological polar surface area (TPSA) is 109 Å². The summed E-state index contributed by atoms with van der Waals surface area (Å²) < 4.78 is 0. The molecule has 1 fully saturated rings. The van der Waals surface area contributed by atoms with Crippen molar-refractivity contribution in [3.8, 4) is 6.07 Å². The number of nitrogens with one attached hydrogen (secondary N) is 2. The molecular formula is C25H23ClN4O3. The molecule has 0 atom stereocenters. The minimum Gasteiger partial charge on any atom is -0.465 e. The number of piperidine rings is 1. The monoisotopic (exact) mass is 462 g/mol. The number of nitrogens with zero attached hydrogens (tertiary/aromatic N) is 2. The Morgan fingerprint density at radius 2 is 2.00 bits per heavy atom. The molecule has 3 aromatic rings. The van der Waals surface area contributed by atoms with Crippen LogP contribution < -0.4 is 10.2 Å². The van der Waals surface area contributed by atoms with Crippen molar-refractivity contribution < 1.29 is 14.7 Å². The van der Waals surface area contributed by atoms with Gasteiger partial charge in [0.25, 0.3) is 0 Å². The number of carbonyl (C=O) groups is 2. The van der Waals surface area contributed by atoms with Gasteiger partial charge in [-0.3, -0.25) is 4.79 Å². The van der Waals surface area contributed by atoms with E-state index in [1.807, 2.05) is 12.1 Å². The maximum atomic E-state index is 13.6. The Kier molecular flexibility index (Phi) is 4.87. The van der Waals surface area contributed by atoms with Gasteiger partial charge in [-0.2, -0.15) is 5.26 Å². The first-order valence-electron chi connectivity index (χ1n) is 10.9. The summed E-state index contributed by atoms with van der Waals surface area (Å²) in [7, 11) is 0. The Bertz CT molecular complexity index is 1360. The molecule has 1 aliphatic carbocycles. The van der Waals surface area contributed by atoms with Crippen LogP contribution in [0.15, 0.2) is 30.3 Å². The number of benzene rings is 2. The Hall–Kier alpha value is -3.50. The predicted octanol–water partition coefficient (Wildman–Crippen LogP) is 4.80. The van der Waals surface area contributed by atoms with E-state index in [0.29, 0.717) is 47.6 Å². The molecule has 8 heteroatoms. The van der Waals surface area contributed by atoms with E-state index in [4.69, 9.17) is 16.7 Å². The standard InChI is InChI=1S/C25H23ClN4O3/c1-25(2)17-11-20(30-7-5-14(6-8-30)28-24(32)33)18(26)10-16(17)22(31)21-15-4-3-13(12-27)9-19(15)29-23(21)25/h3-4,9-11,14,28-29H,5-8H2,1-2H3,(H,32,33). The van der Waals surface area contributed by atoms with Crippen molar-refractivity contribution in [3.63, 3.8) is 0 Å². The molecule has 1 aliphatic heterocycles. The molecule has 2 aromatic carbocycles. The largest absolute Gasteiger partial charge is 0.465 e. The van der Waals surface area contributed by atoms with Gasteiger partial charge in [-0.1, -0.05) is 31.5 Å².